The smallest absolute Gasteiger partial charge is 0.280 e. The number of para-hydroxylation sites is 1. The number of hydrogen-bond acceptors (Lipinski definition) is 3. The fourth-order valence-corrected chi connectivity index (χ4v) is 2.92. The van der Waals surface area contributed by atoms with Gasteiger partial charge in [-0.05, 0) is 6.07 Å². The van der Waals surface area contributed by atoms with Gasteiger partial charge in [-0.25, -0.2) is 0 Å². The van der Waals surface area contributed by atoms with Crippen LogP contribution < -0.4 is 0 Å². The van der Waals surface area contributed by atoms with Gasteiger partial charge in [0.05, 0.1) is 10.5 Å². The van der Waals surface area contributed by atoms with Gasteiger partial charge < -0.3 is 4.42 Å². The lowest BCUT2D eigenvalue weighted by atomic mass is 10.0. The second kappa shape index (κ2) is 5.66. The lowest BCUT2D eigenvalue weighted by Crippen LogP contribution is -1.90. The molecule has 0 atom stereocenters. The zero-order valence-corrected chi connectivity index (χ0v) is 12.7. The van der Waals surface area contributed by atoms with Gasteiger partial charge in [-0.1, -0.05) is 66.7 Å². The van der Waals surface area contributed by atoms with Gasteiger partial charge in [0.25, 0.3) is 5.69 Å². The molecular weight excluding hydrogens is 302 g/mol. The molecule has 0 bridgehead atoms. The lowest BCUT2D eigenvalue weighted by Gasteiger charge is -2.00. The maximum absolute atomic E-state index is 11.4. The van der Waals surface area contributed by atoms with Crippen LogP contribution in [0.4, 0.5) is 5.69 Å². The molecule has 1 aromatic heterocycles. The lowest BCUT2D eigenvalue weighted by molar-refractivity contribution is -0.384. The molecule has 0 amide bonds. The average molecular weight is 315 g/mol. The quantitative estimate of drug-likeness (QED) is 0.361. The fourth-order valence-electron chi connectivity index (χ4n) is 2.92. The van der Waals surface area contributed by atoms with Crippen molar-refractivity contribution >= 4 is 16.5 Å². The van der Waals surface area contributed by atoms with Gasteiger partial charge in [0.1, 0.15) is 11.5 Å². The highest BCUT2D eigenvalue weighted by atomic mass is 16.6. The summed E-state index contributed by atoms with van der Waals surface area (Å²) in [5, 5.41) is 13.2. The van der Waals surface area contributed by atoms with Crippen molar-refractivity contribution in [3.05, 3.63) is 89.0 Å². The van der Waals surface area contributed by atoms with E-state index >= 15 is 0 Å². The average Bonchev–Trinajstić information content (AvgIpc) is 3.02. The summed E-state index contributed by atoms with van der Waals surface area (Å²) in [7, 11) is 0. The van der Waals surface area contributed by atoms with Crippen molar-refractivity contribution in [2.24, 2.45) is 0 Å². The Bertz CT molecular complexity index is 1040. The predicted octanol–water partition coefficient (Wildman–Crippen LogP) is 5.68. The first-order valence-corrected chi connectivity index (χ1v) is 7.56. The molecule has 0 spiro atoms. The molecule has 0 unspecified atom stereocenters. The van der Waals surface area contributed by atoms with Crippen molar-refractivity contribution in [2.45, 2.75) is 0 Å². The van der Waals surface area contributed by atoms with Crippen LogP contribution >= 0.6 is 0 Å². The Labute approximate surface area is 138 Å². The summed E-state index contributed by atoms with van der Waals surface area (Å²) in [6.07, 6.45) is 0. The maximum Gasteiger partial charge on any atom is 0.280 e. The third kappa shape index (κ3) is 2.25. The first kappa shape index (κ1) is 14.2. The Kier molecular flexibility index (Phi) is 3.35. The third-order valence-corrected chi connectivity index (χ3v) is 4.00. The van der Waals surface area contributed by atoms with Gasteiger partial charge in [0.2, 0.25) is 0 Å². The Morgan fingerprint density at radius 1 is 0.708 bits per heavy atom. The second-order valence-corrected chi connectivity index (χ2v) is 5.45. The van der Waals surface area contributed by atoms with E-state index in [1.165, 1.54) is 6.07 Å². The largest absolute Gasteiger partial charge is 0.455 e. The van der Waals surface area contributed by atoms with Gasteiger partial charge in [0, 0.05) is 22.4 Å². The third-order valence-electron chi connectivity index (χ3n) is 4.00. The molecule has 0 fully saturated rings. The van der Waals surface area contributed by atoms with Crippen molar-refractivity contribution in [3.63, 3.8) is 0 Å². The van der Waals surface area contributed by atoms with E-state index in [4.69, 9.17) is 4.42 Å². The highest BCUT2D eigenvalue weighted by Crippen LogP contribution is 2.41. The predicted molar refractivity (Wildman–Crippen MR) is 93.7 cm³/mol. The zero-order chi connectivity index (χ0) is 16.5. The maximum atomic E-state index is 11.4. The molecule has 4 rings (SSSR count). The van der Waals surface area contributed by atoms with E-state index < -0.39 is 0 Å². The molecule has 4 heteroatoms. The van der Waals surface area contributed by atoms with Crippen LogP contribution in [0.3, 0.4) is 0 Å². The summed E-state index contributed by atoms with van der Waals surface area (Å²) in [6, 6.07) is 24.2. The summed E-state index contributed by atoms with van der Waals surface area (Å²) < 4.78 is 6.12. The Morgan fingerprint density at radius 3 is 2.00 bits per heavy atom. The number of hydrogen-bond donors (Lipinski definition) is 0. The minimum absolute atomic E-state index is 0.0385. The molecule has 0 radical (unpaired) electrons. The van der Waals surface area contributed by atoms with Crippen molar-refractivity contribution in [1.82, 2.24) is 0 Å². The van der Waals surface area contributed by atoms with E-state index in [-0.39, 0.29) is 10.6 Å². The molecule has 116 valence electrons. The molecule has 0 saturated carbocycles. The fraction of sp³-hybridized carbons (Fsp3) is 0. The highest BCUT2D eigenvalue weighted by molar-refractivity contribution is 6.03. The molecule has 0 aliphatic rings. The number of nitro groups is 1. The summed E-state index contributed by atoms with van der Waals surface area (Å²) in [5.74, 6) is 1.25. The Hall–Kier alpha value is -3.40. The standard InChI is InChI=1S/C20H13NO3/c22-21(23)18-13-7-6-12-17(18)20-16-11-5-4-10-15(16)19(24-20)14-8-2-1-3-9-14/h1-13H. The van der Waals surface area contributed by atoms with E-state index in [9.17, 15) is 10.1 Å². The number of rotatable bonds is 3. The van der Waals surface area contributed by atoms with E-state index in [1.807, 2.05) is 54.6 Å². The van der Waals surface area contributed by atoms with Gasteiger partial charge in [-0.2, -0.15) is 0 Å². The van der Waals surface area contributed by atoms with Crippen LogP contribution in [0, 0.1) is 10.1 Å². The van der Waals surface area contributed by atoms with Crippen molar-refractivity contribution in [3.8, 4) is 22.6 Å². The molecule has 24 heavy (non-hydrogen) atoms. The normalized spacial score (nSPS) is 10.8. The molecule has 4 aromatic rings. The molecular formula is C20H13NO3. The van der Waals surface area contributed by atoms with Crippen LogP contribution in [0.2, 0.25) is 0 Å². The molecule has 3 aromatic carbocycles. The van der Waals surface area contributed by atoms with Crippen molar-refractivity contribution in [2.75, 3.05) is 0 Å². The van der Waals surface area contributed by atoms with Crippen LogP contribution in [-0.2, 0) is 0 Å². The number of nitro benzene ring substituents is 1. The van der Waals surface area contributed by atoms with Crippen LogP contribution in [0.15, 0.2) is 83.3 Å². The first-order chi connectivity index (χ1) is 11.8. The van der Waals surface area contributed by atoms with Crippen molar-refractivity contribution in [1.29, 1.82) is 0 Å². The van der Waals surface area contributed by atoms with Crippen molar-refractivity contribution < 1.29 is 9.34 Å². The van der Waals surface area contributed by atoms with Crippen LogP contribution in [0.25, 0.3) is 33.4 Å². The molecule has 0 saturated heterocycles. The van der Waals surface area contributed by atoms with Gasteiger partial charge in [-0.15, -0.1) is 0 Å². The van der Waals surface area contributed by atoms with E-state index in [0.717, 1.165) is 22.1 Å². The number of benzene rings is 3. The Balaban J connectivity index is 2.04. The summed E-state index contributed by atoms with van der Waals surface area (Å²) in [5.41, 5.74) is 1.47. The van der Waals surface area contributed by atoms with Gasteiger partial charge >= 0.3 is 0 Å². The van der Waals surface area contributed by atoms with E-state index in [0.29, 0.717) is 11.3 Å². The SMILES string of the molecule is O=[N+]([O-])c1ccccc1-c1oc(-c2ccccc2)c2ccccc12. The minimum Gasteiger partial charge on any atom is -0.455 e. The second-order valence-electron chi connectivity index (χ2n) is 5.45. The number of furan rings is 1. The highest BCUT2D eigenvalue weighted by Gasteiger charge is 2.22. The molecule has 1 heterocycles. The molecule has 4 nitrogen and oxygen atoms in total. The molecule has 0 aliphatic heterocycles. The monoisotopic (exact) mass is 315 g/mol. The van der Waals surface area contributed by atoms with Crippen LogP contribution in [-0.4, -0.2) is 4.92 Å². The Morgan fingerprint density at radius 2 is 1.29 bits per heavy atom. The van der Waals surface area contributed by atoms with E-state index in [1.54, 1.807) is 18.2 Å². The van der Waals surface area contributed by atoms with E-state index in [2.05, 4.69) is 0 Å². The minimum atomic E-state index is -0.380. The number of fused-ring (bicyclic) bond motifs is 1. The van der Waals surface area contributed by atoms with Gasteiger partial charge in [-0.3, -0.25) is 10.1 Å². The molecule has 0 N–H and O–H groups in total. The molecule has 0 aliphatic carbocycles. The zero-order valence-electron chi connectivity index (χ0n) is 12.7. The summed E-state index contributed by atoms with van der Waals surface area (Å²) >= 11 is 0. The number of nitrogens with zero attached hydrogens (tertiary/aromatic N) is 1. The van der Waals surface area contributed by atoms with Crippen LogP contribution in [0.1, 0.15) is 0 Å². The van der Waals surface area contributed by atoms with Crippen LogP contribution in [0.5, 0.6) is 0 Å². The summed E-state index contributed by atoms with van der Waals surface area (Å²) in [6.45, 7) is 0. The van der Waals surface area contributed by atoms with Gasteiger partial charge in [0.15, 0.2) is 0 Å². The first-order valence-electron chi connectivity index (χ1n) is 7.56. The topological polar surface area (TPSA) is 56.3 Å². The summed E-state index contributed by atoms with van der Waals surface area (Å²) in [4.78, 5) is 11.0.